The summed E-state index contributed by atoms with van der Waals surface area (Å²) in [4.78, 5) is 0. The Hall–Kier alpha value is -0.830. The highest BCUT2D eigenvalue weighted by atomic mass is 14.8. The molecule has 0 unspecified atom stereocenters. The van der Waals surface area contributed by atoms with Gasteiger partial charge in [-0.25, -0.2) is 0 Å². The number of nitrogens with one attached hydrogen (secondary N) is 2. The first-order chi connectivity index (χ1) is 4.16. The van der Waals surface area contributed by atoms with Crippen molar-refractivity contribution < 1.29 is 0 Å². The Morgan fingerprint density at radius 2 is 2.33 bits per heavy atom. The third-order valence-corrected chi connectivity index (χ3v) is 0.783. The van der Waals surface area contributed by atoms with E-state index in [4.69, 9.17) is 11.1 Å². The SMILES string of the molecule is CNC/C(N)=C/C(C)=N. The lowest BCUT2D eigenvalue weighted by molar-refractivity contribution is 0.871. The van der Waals surface area contributed by atoms with E-state index in [9.17, 15) is 0 Å². The minimum Gasteiger partial charge on any atom is -0.401 e. The highest BCUT2D eigenvalue weighted by Crippen LogP contribution is 1.80. The molecule has 0 aliphatic rings. The minimum atomic E-state index is 0.489. The average Bonchev–Trinajstić information content (AvgIpc) is 1.63. The molecule has 0 aromatic heterocycles. The van der Waals surface area contributed by atoms with Crippen LogP contribution in [0, 0.1) is 5.41 Å². The molecular weight excluding hydrogens is 114 g/mol. The summed E-state index contributed by atoms with van der Waals surface area (Å²) in [5.74, 6) is 0. The lowest BCUT2D eigenvalue weighted by Gasteiger charge is -1.96. The van der Waals surface area contributed by atoms with Gasteiger partial charge in [0.2, 0.25) is 0 Å². The number of rotatable bonds is 3. The molecule has 0 heterocycles. The lowest BCUT2D eigenvalue weighted by Crippen LogP contribution is -2.16. The van der Waals surface area contributed by atoms with Crippen molar-refractivity contribution in [1.29, 1.82) is 5.41 Å². The summed E-state index contributed by atoms with van der Waals surface area (Å²) in [6.07, 6.45) is 1.64. The molecule has 9 heavy (non-hydrogen) atoms. The van der Waals surface area contributed by atoms with Gasteiger partial charge in [0.1, 0.15) is 0 Å². The van der Waals surface area contributed by atoms with E-state index in [2.05, 4.69) is 5.32 Å². The zero-order valence-electron chi connectivity index (χ0n) is 5.86. The molecule has 0 rings (SSSR count). The molecule has 3 nitrogen and oxygen atoms in total. The Morgan fingerprint density at radius 1 is 1.78 bits per heavy atom. The molecule has 0 aliphatic heterocycles. The van der Waals surface area contributed by atoms with Crippen LogP contribution in [-0.2, 0) is 0 Å². The summed E-state index contributed by atoms with van der Waals surface area (Å²) < 4.78 is 0. The monoisotopic (exact) mass is 127 g/mol. The zero-order chi connectivity index (χ0) is 7.28. The highest BCUT2D eigenvalue weighted by Gasteiger charge is 1.85. The first kappa shape index (κ1) is 8.17. The van der Waals surface area contributed by atoms with Gasteiger partial charge in [0, 0.05) is 18.0 Å². The Bertz CT molecular complexity index is 126. The molecule has 3 heteroatoms. The second-order valence-electron chi connectivity index (χ2n) is 1.93. The molecule has 52 valence electrons. The first-order valence-electron chi connectivity index (χ1n) is 2.82. The van der Waals surface area contributed by atoms with E-state index in [1.165, 1.54) is 0 Å². The fourth-order valence-corrected chi connectivity index (χ4v) is 0.533. The van der Waals surface area contributed by atoms with Crippen LogP contribution in [0.5, 0.6) is 0 Å². The van der Waals surface area contributed by atoms with Gasteiger partial charge in [-0.1, -0.05) is 0 Å². The number of hydrogen-bond acceptors (Lipinski definition) is 3. The van der Waals surface area contributed by atoms with Gasteiger partial charge in [0.05, 0.1) is 0 Å². The number of likely N-dealkylation sites (N-methyl/N-ethyl adjacent to an activating group) is 1. The summed E-state index contributed by atoms with van der Waals surface area (Å²) in [6, 6.07) is 0. The minimum absolute atomic E-state index is 0.489. The van der Waals surface area contributed by atoms with E-state index in [0.717, 1.165) is 0 Å². The third kappa shape index (κ3) is 5.03. The molecule has 0 atom stereocenters. The second-order valence-corrected chi connectivity index (χ2v) is 1.93. The van der Waals surface area contributed by atoms with Crippen molar-refractivity contribution >= 4 is 5.71 Å². The normalized spacial score (nSPS) is 11.6. The maximum Gasteiger partial charge on any atom is 0.0350 e. The molecule has 0 fully saturated rings. The van der Waals surface area contributed by atoms with Crippen molar-refractivity contribution in [2.24, 2.45) is 5.73 Å². The van der Waals surface area contributed by atoms with Crippen molar-refractivity contribution in [2.45, 2.75) is 6.92 Å². The van der Waals surface area contributed by atoms with Crippen molar-refractivity contribution in [1.82, 2.24) is 5.32 Å². The van der Waals surface area contributed by atoms with Crippen molar-refractivity contribution in [2.75, 3.05) is 13.6 Å². The van der Waals surface area contributed by atoms with Crippen LogP contribution in [0.1, 0.15) is 6.92 Å². The van der Waals surface area contributed by atoms with E-state index in [1.54, 1.807) is 13.0 Å². The molecule has 0 saturated carbocycles. The molecule has 0 spiro atoms. The summed E-state index contributed by atoms with van der Waals surface area (Å²) in [7, 11) is 1.82. The summed E-state index contributed by atoms with van der Waals surface area (Å²) >= 11 is 0. The fraction of sp³-hybridized carbons (Fsp3) is 0.500. The predicted octanol–water partition coefficient (Wildman–Crippen LogP) is 0.0881. The van der Waals surface area contributed by atoms with Gasteiger partial charge in [0.15, 0.2) is 0 Å². The quantitative estimate of drug-likeness (QED) is 0.470. The van der Waals surface area contributed by atoms with Gasteiger partial charge < -0.3 is 16.5 Å². The molecule has 0 radical (unpaired) electrons. The maximum absolute atomic E-state index is 7.02. The largest absolute Gasteiger partial charge is 0.401 e. The van der Waals surface area contributed by atoms with E-state index >= 15 is 0 Å². The van der Waals surface area contributed by atoms with Crippen LogP contribution in [0.2, 0.25) is 0 Å². The second kappa shape index (κ2) is 4.09. The molecule has 0 bridgehead atoms. The van der Waals surface area contributed by atoms with Gasteiger partial charge >= 0.3 is 0 Å². The molecule has 0 aliphatic carbocycles. The smallest absolute Gasteiger partial charge is 0.0350 e. The fourth-order valence-electron chi connectivity index (χ4n) is 0.533. The van der Waals surface area contributed by atoms with Crippen LogP contribution in [0.4, 0.5) is 0 Å². The summed E-state index contributed by atoms with van der Waals surface area (Å²) in [6.45, 7) is 2.35. The van der Waals surface area contributed by atoms with Gasteiger partial charge in [0.25, 0.3) is 0 Å². The first-order valence-corrected chi connectivity index (χ1v) is 2.82. The van der Waals surface area contributed by atoms with Gasteiger partial charge in [-0.2, -0.15) is 0 Å². The van der Waals surface area contributed by atoms with Crippen LogP contribution in [-0.4, -0.2) is 19.3 Å². The van der Waals surface area contributed by atoms with E-state index in [1.807, 2.05) is 7.05 Å². The molecule has 0 aromatic rings. The van der Waals surface area contributed by atoms with Crippen molar-refractivity contribution in [3.8, 4) is 0 Å². The standard InChI is InChI=1S/C6H13N3/c1-5(7)3-6(8)4-9-2/h3,7,9H,4,8H2,1-2H3/b6-3-,7-5?. The molecule has 0 aromatic carbocycles. The van der Waals surface area contributed by atoms with Crippen LogP contribution in [0.15, 0.2) is 11.8 Å². The highest BCUT2D eigenvalue weighted by molar-refractivity contribution is 5.90. The number of allylic oxidation sites excluding steroid dienone is 1. The topological polar surface area (TPSA) is 61.9 Å². The molecule has 0 saturated heterocycles. The third-order valence-electron chi connectivity index (χ3n) is 0.783. The van der Waals surface area contributed by atoms with Crippen molar-refractivity contribution in [3.63, 3.8) is 0 Å². The summed E-state index contributed by atoms with van der Waals surface area (Å²) in [5.41, 5.74) is 6.63. The summed E-state index contributed by atoms with van der Waals surface area (Å²) in [5, 5.41) is 9.90. The average molecular weight is 127 g/mol. The Labute approximate surface area is 55.4 Å². The van der Waals surface area contributed by atoms with Crippen LogP contribution < -0.4 is 11.1 Å². The lowest BCUT2D eigenvalue weighted by atomic mass is 10.3. The van der Waals surface area contributed by atoms with Crippen LogP contribution >= 0.6 is 0 Å². The molecule has 0 amide bonds. The number of hydrogen-bond donors (Lipinski definition) is 3. The zero-order valence-corrected chi connectivity index (χ0v) is 5.86. The van der Waals surface area contributed by atoms with Crippen LogP contribution in [0.25, 0.3) is 0 Å². The predicted molar refractivity (Wildman–Crippen MR) is 39.6 cm³/mol. The molecular formula is C6H13N3. The number of nitrogens with two attached hydrogens (primary N) is 1. The van der Waals surface area contributed by atoms with E-state index in [0.29, 0.717) is 18.0 Å². The van der Waals surface area contributed by atoms with Gasteiger partial charge in [-0.15, -0.1) is 0 Å². The Morgan fingerprint density at radius 3 is 2.67 bits per heavy atom. The Kier molecular flexibility index (Phi) is 3.71. The van der Waals surface area contributed by atoms with Gasteiger partial charge in [-0.3, -0.25) is 0 Å². The maximum atomic E-state index is 7.02. The van der Waals surface area contributed by atoms with Crippen LogP contribution in [0.3, 0.4) is 0 Å². The van der Waals surface area contributed by atoms with Crippen molar-refractivity contribution in [3.05, 3.63) is 11.8 Å². The van der Waals surface area contributed by atoms with E-state index in [-0.39, 0.29) is 0 Å². The van der Waals surface area contributed by atoms with E-state index < -0.39 is 0 Å². The Balaban J connectivity index is 3.69. The molecule has 4 N–H and O–H groups in total. The van der Waals surface area contributed by atoms with Gasteiger partial charge in [-0.05, 0) is 20.0 Å².